The van der Waals surface area contributed by atoms with Crippen molar-refractivity contribution >= 4 is 34.0 Å². The van der Waals surface area contributed by atoms with Gasteiger partial charge in [0.2, 0.25) is 0 Å². The van der Waals surface area contributed by atoms with E-state index in [1.165, 1.54) is 18.2 Å². The van der Waals surface area contributed by atoms with E-state index in [9.17, 15) is 22.2 Å². The monoisotopic (exact) mass is 424 g/mol. The SMILES string of the molecule is O=c1c(C(F)(F)F)cc(C2CC2)nn1CC[S@@](=O)c1cc(Cl)ccc1Cl. The van der Waals surface area contributed by atoms with Crippen LogP contribution in [0.15, 0.2) is 34.0 Å². The summed E-state index contributed by atoms with van der Waals surface area (Å²) in [5, 5.41) is 4.59. The number of hydrogen-bond acceptors (Lipinski definition) is 3. The Hall–Kier alpha value is -1.38. The van der Waals surface area contributed by atoms with Gasteiger partial charge in [-0.2, -0.15) is 18.3 Å². The maximum atomic E-state index is 13.1. The molecular weight excluding hydrogens is 412 g/mol. The number of nitrogens with zero attached hydrogens (tertiary/aromatic N) is 2. The third kappa shape index (κ3) is 4.29. The lowest BCUT2D eigenvalue weighted by molar-refractivity contribution is -0.139. The molecule has 1 fully saturated rings. The smallest absolute Gasteiger partial charge is 0.267 e. The van der Waals surface area contributed by atoms with Gasteiger partial charge in [-0.3, -0.25) is 9.00 Å². The Morgan fingerprint density at radius 1 is 1.23 bits per heavy atom. The van der Waals surface area contributed by atoms with Crippen LogP contribution in [0.1, 0.15) is 30.0 Å². The molecule has 26 heavy (non-hydrogen) atoms. The second kappa shape index (κ2) is 7.32. The Labute approximate surface area is 159 Å². The normalized spacial score (nSPS) is 15.9. The van der Waals surface area contributed by atoms with Crippen LogP contribution in [0.4, 0.5) is 13.2 Å². The third-order valence-electron chi connectivity index (χ3n) is 3.92. The lowest BCUT2D eigenvalue weighted by atomic mass is 10.2. The molecule has 1 atom stereocenters. The molecule has 140 valence electrons. The fourth-order valence-corrected chi connectivity index (χ4v) is 4.14. The zero-order valence-corrected chi connectivity index (χ0v) is 15.6. The van der Waals surface area contributed by atoms with Gasteiger partial charge in [-0.25, -0.2) is 4.68 Å². The van der Waals surface area contributed by atoms with Crippen LogP contribution in [0.2, 0.25) is 10.0 Å². The third-order valence-corrected chi connectivity index (χ3v) is 5.98. The molecule has 4 nitrogen and oxygen atoms in total. The molecule has 10 heteroatoms. The summed E-state index contributed by atoms with van der Waals surface area (Å²) >= 11 is 11.8. The van der Waals surface area contributed by atoms with Crippen LogP contribution in [-0.4, -0.2) is 19.7 Å². The van der Waals surface area contributed by atoms with E-state index in [2.05, 4.69) is 5.10 Å². The predicted octanol–water partition coefficient (Wildman–Crippen LogP) is 4.25. The van der Waals surface area contributed by atoms with Crippen molar-refractivity contribution in [1.29, 1.82) is 0 Å². The molecule has 0 saturated heterocycles. The van der Waals surface area contributed by atoms with Crippen LogP contribution in [0.5, 0.6) is 0 Å². The van der Waals surface area contributed by atoms with Crippen molar-refractivity contribution in [1.82, 2.24) is 9.78 Å². The van der Waals surface area contributed by atoms with E-state index in [0.29, 0.717) is 5.02 Å². The van der Waals surface area contributed by atoms with Gasteiger partial charge >= 0.3 is 6.18 Å². The molecule has 1 heterocycles. The summed E-state index contributed by atoms with van der Waals surface area (Å²) in [6.45, 7) is -0.224. The first-order chi connectivity index (χ1) is 12.2. The highest BCUT2D eigenvalue weighted by atomic mass is 35.5. The number of hydrogen-bond donors (Lipinski definition) is 0. The van der Waals surface area contributed by atoms with Crippen molar-refractivity contribution in [2.24, 2.45) is 0 Å². The maximum absolute atomic E-state index is 13.1. The first-order valence-corrected chi connectivity index (χ1v) is 9.77. The fourth-order valence-electron chi connectivity index (χ4n) is 2.43. The van der Waals surface area contributed by atoms with Gasteiger partial charge < -0.3 is 0 Å². The Morgan fingerprint density at radius 2 is 1.92 bits per heavy atom. The molecule has 2 aromatic rings. The highest BCUT2D eigenvalue weighted by Gasteiger charge is 2.37. The average molecular weight is 425 g/mol. The molecule has 1 aromatic heterocycles. The van der Waals surface area contributed by atoms with Gasteiger partial charge in [-0.15, -0.1) is 0 Å². The van der Waals surface area contributed by atoms with E-state index in [4.69, 9.17) is 23.2 Å². The van der Waals surface area contributed by atoms with E-state index >= 15 is 0 Å². The van der Waals surface area contributed by atoms with Gasteiger partial charge in [0.1, 0.15) is 5.56 Å². The van der Waals surface area contributed by atoms with Gasteiger partial charge in [-0.1, -0.05) is 23.2 Å². The molecule has 1 saturated carbocycles. The minimum absolute atomic E-state index is 0.0594. The molecule has 0 N–H and O–H groups in total. The van der Waals surface area contributed by atoms with Gasteiger partial charge in [0, 0.05) is 16.7 Å². The Balaban J connectivity index is 1.87. The second-order valence-corrected chi connectivity index (χ2v) is 8.29. The lowest BCUT2D eigenvalue weighted by Gasteiger charge is -2.12. The van der Waals surface area contributed by atoms with Crippen LogP contribution in [0.3, 0.4) is 0 Å². The van der Waals surface area contributed by atoms with Crippen molar-refractivity contribution < 1.29 is 17.4 Å². The molecule has 0 radical (unpaired) electrons. The minimum Gasteiger partial charge on any atom is -0.267 e. The van der Waals surface area contributed by atoms with E-state index in [1.807, 2.05) is 0 Å². The molecule has 1 aromatic carbocycles. The van der Waals surface area contributed by atoms with Crippen molar-refractivity contribution in [2.75, 3.05) is 5.75 Å². The summed E-state index contributed by atoms with van der Waals surface area (Å²) in [6.07, 6.45) is -3.28. The average Bonchev–Trinajstić information content (AvgIpc) is 3.39. The summed E-state index contributed by atoms with van der Waals surface area (Å²) in [5.74, 6) is -0.172. The molecule has 1 aliphatic carbocycles. The number of rotatable bonds is 5. The molecule has 0 spiro atoms. The largest absolute Gasteiger partial charge is 0.421 e. The maximum Gasteiger partial charge on any atom is 0.421 e. The molecule has 3 rings (SSSR count). The highest BCUT2D eigenvalue weighted by Crippen LogP contribution is 2.40. The van der Waals surface area contributed by atoms with Crippen molar-refractivity contribution in [3.8, 4) is 0 Å². The number of benzene rings is 1. The van der Waals surface area contributed by atoms with Gasteiger partial charge in [0.05, 0.1) is 33.0 Å². The van der Waals surface area contributed by atoms with E-state index in [1.54, 1.807) is 0 Å². The zero-order chi connectivity index (χ0) is 19.1. The van der Waals surface area contributed by atoms with Gasteiger partial charge in [-0.05, 0) is 37.1 Å². The number of aromatic nitrogens is 2. The second-order valence-electron chi connectivity index (χ2n) is 5.91. The molecule has 0 amide bonds. The van der Waals surface area contributed by atoms with Crippen molar-refractivity contribution in [3.05, 3.63) is 55.9 Å². The molecule has 0 unspecified atom stereocenters. The van der Waals surface area contributed by atoms with Crippen LogP contribution in [0.25, 0.3) is 0 Å². The predicted molar refractivity (Wildman–Crippen MR) is 93.2 cm³/mol. The van der Waals surface area contributed by atoms with E-state index in [0.717, 1.165) is 23.6 Å². The van der Waals surface area contributed by atoms with Crippen molar-refractivity contribution in [2.45, 2.75) is 36.4 Å². The zero-order valence-electron chi connectivity index (χ0n) is 13.2. The van der Waals surface area contributed by atoms with Crippen LogP contribution >= 0.6 is 23.2 Å². The summed E-state index contributed by atoms with van der Waals surface area (Å²) in [4.78, 5) is 12.4. The van der Waals surface area contributed by atoms with Crippen molar-refractivity contribution in [3.63, 3.8) is 0 Å². The summed E-state index contributed by atoms with van der Waals surface area (Å²) in [6, 6.07) is 5.27. The van der Waals surface area contributed by atoms with E-state index in [-0.39, 0.29) is 33.8 Å². The quantitative estimate of drug-likeness (QED) is 0.720. The van der Waals surface area contributed by atoms with Crippen LogP contribution in [0, 0.1) is 0 Å². The topological polar surface area (TPSA) is 52.0 Å². The Morgan fingerprint density at radius 3 is 2.54 bits per heavy atom. The minimum atomic E-state index is -4.76. The number of halogens is 5. The summed E-state index contributed by atoms with van der Waals surface area (Å²) in [7, 11) is -1.64. The fraction of sp³-hybridized carbons (Fsp3) is 0.375. The van der Waals surface area contributed by atoms with Crippen LogP contribution in [-0.2, 0) is 23.5 Å². The van der Waals surface area contributed by atoms with E-state index < -0.39 is 28.1 Å². The molecule has 0 bridgehead atoms. The summed E-state index contributed by atoms with van der Waals surface area (Å²) < 4.78 is 52.5. The number of alkyl halides is 3. The summed E-state index contributed by atoms with van der Waals surface area (Å²) in [5.41, 5.74) is -2.25. The highest BCUT2D eigenvalue weighted by molar-refractivity contribution is 7.85. The Kier molecular flexibility index (Phi) is 5.46. The first-order valence-electron chi connectivity index (χ1n) is 7.69. The molecule has 1 aliphatic rings. The molecular formula is C16H13Cl2F3N2O2S. The van der Waals surface area contributed by atoms with Gasteiger partial charge in [0.15, 0.2) is 0 Å². The van der Waals surface area contributed by atoms with Gasteiger partial charge in [0.25, 0.3) is 5.56 Å². The standard InChI is InChI=1S/C16H13Cl2F3N2O2S/c17-10-3-4-12(18)14(7-10)26(25)6-5-23-15(24)11(16(19,20)21)8-13(22-23)9-1-2-9/h3-4,7-9H,1-2,5-6H2/t26-/m1/s1. The first kappa shape index (κ1) is 19.4. The Bertz CT molecular complexity index is 927. The number of aryl methyl sites for hydroxylation is 1. The molecule has 0 aliphatic heterocycles. The van der Waals surface area contributed by atoms with Crippen LogP contribution < -0.4 is 5.56 Å². The lowest BCUT2D eigenvalue weighted by Crippen LogP contribution is -2.32.